The molecule has 2 rings (SSSR count). The van der Waals surface area contributed by atoms with Crippen molar-refractivity contribution in [2.75, 3.05) is 24.6 Å². The maximum absolute atomic E-state index is 3.62. The van der Waals surface area contributed by atoms with Crippen molar-refractivity contribution >= 4 is 23.5 Å². The van der Waals surface area contributed by atoms with Crippen molar-refractivity contribution in [1.29, 1.82) is 0 Å². The largest absolute Gasteiger partial charge is 0.300 e. The van der Waals surface area contributed by atoms with Crippen molar-refractivity contribution in [3.8, 4) is 0 Å². The van der Waals surface area contributed by atoms with Gasteiger partial charge < -0.3 is 0 Å². The quantitative estimate of drug-likeness (QED) is 0.617. The van der Waals surface area contributed by atoms with Gasteiger partial charge >= 0.3 is 0 Å². The van der Waals surface area contributed by atoms with Crippen molar-refractivity contribution in [1.82, 2.24) is 10.6 Å². The highest BCUT2D eigenvalue weighted by Gasteiger charge is 2.49. The van der Waals surface area contributed by atoms with Crippen LogP contribution in [-0.2, 0) is 0 Å². The maximum Gasteiger partial charge on any atom is 0.0893 e. The molecule has 4 heteroatoms. The van der Waals surface area contributed by atoms with E-state index in [9.17, 15) is 0 Å². The first-order chi connectivity index (χ1) is 5.66. The fourth-order valence-electron chi connectivity index (χ4n) is 1.80. The van der Waals surface area contributed by atoms with Crippen LogP contribution in [0.25, 0.3) is 0 Å². The molecule has 0 aromatic heterocycles. The SMILES string of the molecule is CC12NCCSC1(C)NCCS2. The Labute approximate surface area is 82.6 Å². The number of fused-ring (bicyclic) bond motifs is 1. The molecule has 2 N–H and O–H groups in total. The zero-order valence-corrected chi connectivity index (χ0v) is 9.28. The minimum absolute atomic E-state index is 0.230. The van der Waals surface area contributed by atoms with E-state index in [1.807, 2.05) is 0 Å². The first-order valence-electron chi connectivity index (χ1n) is 4.44. The average molecular weight is 204 g/mol. The van der Waals surface area contributed by atoms with E-state index < -0.39 is 0 Å². The number of thioether (sulfide) groups is 2. The molecule has 0 aromatic carbocycles. The van der Waals surface area contributed by atoms with Crippen LogP contribution < -0.4 is 10.6 Å². The first kappa shape index (κ1) is 9.19. The van der Waals surface area contributed by atoms with Crippen LogP contribution in [0.5, 0.6) is 0 Å². The monoisotopic (exact) mass is 204 g/mol. The van der Waals surface area contributed by atoms with Gasteiger partial charge in [0.15, 0.2) is 0 Å². The van der Waals surface area contributed by atoms with Gasteiger partial charge in [0.2, 0.25) is 0 Å². The van der Waals surface area contributed by atoms with Crippen LogP contribution in [0.3, 0.4) is 0 Å². The summed E-state index contributed by atoms with van der Waals surface area (Å²) in [7, 11) is 0. The van der Waals surface area contributed by atoms with Gasteiger partial charge in [0.25, 0.3) is 0 Å². The third-order valence-electron chi connectivity index (χ3n) is 2.82. The van der Waals surface area contributed by atoms with Gasteiger partial charge in [-0.15, -0.1) is 23.5 Å². The molecule has 2 nitrogen and oxygen atoms in total. The highest BCUT2D eigenvalue weighted by atomic mass is 32.2. The molecule has 2 atom stereocenters. The van der Waals surface area contributed by atoms with Gasteiger partial charge in [0.1, 0.15) is 0 Å². The molecule has 0 bridgehead atoms. The van der Waals surface area contributed by atoms with Crippen LogP contribution >= 0.6 is 23.5 Å². The average Bonchev–Trinajstić information content (AvgIpc) is 2.05. The van der Waals surface area contributed by atoms with Gasteiger partial charge in [0.05, 0.1) is 9.74 Å². The number of hydrogen-bond acceptors (Lipinski definition) is 4. The molecule has 0 amide bonds. The lowest BCUT2D eigenvalue weighted by atomic mass is 10.1. The normalized spacial score (nSPS) is 48.5. The zero-order valence-electron chi connectivity index (χ0n) is 7.64. The molecular formula is C8H16N2S2. The van der Waals surface area contributed by atoms with Gasteiger partial charge in [-0.1, -0.05) is 0 Å². The summed E-state index contributed by atoms with van der Waals surface area (Å²) in [5, 5.41) is 7.24. The van der Waals surface area contributed by atoms with Crippen molar-refractivity contribution in [3.63, 3.8) is 0 Å². The third kappa shape index (κ3) is 1.29. The van der Waals surface area contributed by atoms with E-state index in [-0.39, 0.29) is 9.74 Å². The van der Waals surface area contributed by atoms with E-state index in [4.69, 9.17) is 0 Å². The topological polar surface area (TPSA) is 24.1 Å². The summed E-state index contributed by atoms with van der Waals surface area (Å²) in [5.74, 6) is 2.44. The Morgan fingerprint density at radius 1 is 0.917 bits per heavy atom. The first-order valence-corrected chi connectivity index (χ1v) is 6.41. The molecular weight excluding hydrogens is 188 g/mol. The van der Waals surface area contributed by atoms with Crippen molar-refractivity contribution in [3.05, 3.63) is 0 Å². The molecule has 0 radical (unpaired) electrons. The van der Waals surface area contributed by atoms with E-state index >= 15 is 0 Å². The molecule has 2 unspecified atom stereocenters. The van der Waals surface area contributed by atoms with Crippen LogP contribution in [0.2, 0.25) is 0 Å². The molecule has 2 saturated heterocycles. The summed E-state index contributed by atoms with van der Waals surface area (Å²) in [4.78, 5) is 0.461. The predicted octanol–water partition coefficient (Wildman–Crippen LogP) is 1.09. The van der Waals surface area contributed by atoms with Crippen molar-refractivity contribution in [2.24, 2.45) is 0 Å². The Hall–Kier alpha value is 0.620. The van der Waals surface area contributed by atoms with Gasteiger partial charge in [-0.3, -0.25) is 10.6 Å². The summed E-state index contributed by atoms with van der Waals surface area (Å²) >= 11 is 4.11. The highest BCUT2D eigenvalue weighted by Crippen LogP contribution is 2.45. The minimum Gasteiger partial charge on any atom is -0.300 e. The molecule has 70 valence electrons. The molecule has 2 heterocycles. The van der Waals surface area contributed by atoms with Crippen LogP contribution in [-0.4, -0.2) is 34.3 Å². The molecule has 0 saturated carbocycles. The van der Waals surface area contributed by atoms with Crippen LogP contribution in [0.15, 0.2) is 0 Å². The van der Waals surface area contributed by atoms with Crippen LogP contribution in [0, 0.1) is 0 Å². The fraction of sp³-hybridized carbons (Fsp3) is 1.00. The number of rotatable bonds is 0. The second kappa shape index (κ2) is 3.08. The zero-order chi connectivity index (χ0) is 8.66. The molecule has 2 fully saturated rings. The molecule has 0 spiro atoms. The second-order valence-electron chi connectivity index (χ2n) is 3.62. The Morgan fingerprint density at radius 3 is 1.75 bits per heavy atom. The number of hydrogen-bond donors (Lipinski definition) is 2. The Bertz CT molecular complexity index is 152. The summed E-state index contributed by atoms with van der Waals surface area (Å²) in [5.41, 5.74) is 0. The van der Waals surface area contributed by atoms with Gasteiger partial charge in [-0.05, 0) is 13.8 Å². The van der Waals surface area contributed by atoms with E-state index in [1.54, 1.807) is 0 Å². The van der Waals surface area contributed by atoms with E-state index in [0.29, 0.717) is 0 Å². The standard InChI is InChI=1S/C8H16N2S2/c1-7-8(2,10-4-5-11-7)12-6-3-9-7/h9-10H,3-6H2,1-2H3. The molecule has 0 aromatic rings. The third-order valence-corrected chi connectivity index (χ3v) is 6.03. The molecule has 0 aliphatic carbocycles. The van der Waals surface area contributed by atoms with Gasteiger partial charge in [-0.2, -0.15) is 0 Å². The van der Waals surface area contributed by atoms with Crippen LogP contribution in [0.1, 0.15) is 13.8 Å². The molecule has 2 aliphatic rings. The summed E-state index contributed by atoms with van der Waals surface area (Å²) < 4.78 is 0. The summed E-state index contributed by atoms with van der Waals surface area (Å²) in [6.45, 7) is 6.92. The van der Waals surface area contributed by atoms with Crippen molar-refractivity contribution in [2.45, 2.75) is 23.6 Å². The lowest BCUT2D eigenvalue weighted by Gasteiger charge is -2.52. The summed E-state index contributed by atoms with van der Waals surface area (Å²) in [6.07, 6.45) is 0. The minimum atomic E-state index is 0.230. The second-order valence-corrected chi connectivity index (χ2v) is 6.64. The lowest BCUT2D eigenvalue weighted by molar-refractivity contribution is 0.331. The van der Waals surface area contributed by atoms with E-state index in [1.165, 1.54) is 11.5 Å². The predicted molar refractivity (Wildman–Crippen MR) is 57.7 cm³/mol. The summed E-state index contributed by atoms with van der Waals surface area (Å²) in [6, 6.07) is 0. The fourth-order valence-corrected chi connectivity index (χ4v) is 4.49. The Morgan fingerprint density at radius 2 is 1.33 bits per heavy atom. The highest BCUT2D eigenvalue weighted by molar-refractivity contribution is 8.05. The lowest BCUT2D eigenvalue weighted by Crippen LogP contribution is -2.68. The van der Waals surface area contributed by atoms with Gasteiger partial charge in [0, 0.05) is 24.6 Å². The van der Waals surface area contributed by atoms with E-state index in [2.05, 4.69) is 48.0 Å². The maximum atomic E-state index is 3.62. The molecule has 2 aliphatic heterocycles. The number of nitrogens with one attached hydrogen (secondary N) is 2. The Kier molecular flexibility index (Phi) is 2.36. The Balaban J connectivity index is 2.20. The smallest absolute Gasteiger partial charge is 0.0893 e. The van der Waals surface area contributed by atoms with E-state index in [0.717, 1.165) is 13.1 Å². The van der Waals surface area contributed by atoms with Crippen molar-refractivity contribution < 1.29 is 0 Å². The van der Waals surface area contributed by atoms with Gasteiger partial charge in [-0.25, -0.2) is 0 Å². The van der Waals surface area contributed by atoms with Crippen LogP contribution in [0.4, 0.5) is 0 Å². The molecule has 12 heavy (non-hydrogen) atoms.